The van der Waals surface area contributed by atoms with Gasteiger partial charge in [-0.05, 0) is 32.1 Å². The first kappa shape index (κ1) is 11.8. The van der Waals surface area contributed by atoms with Crippen LogP contribution in [0.4, 0.5) is 4.79 Å². The second-order valence-corrected chi connectivity index (χ2v) is 4.08. The molecule has 5 heteroatoms. The summed E-state index contributed by atoms with van der Waals surface area (Å²) in [5.41, 5.74) is 0. The van der Waals surface area contributed by atoms with E-state index in [4.69, 9.17) is 5.11 Å². The van der Waals surface area contributed by atoms with E-state index in [-0.39, 0.29) is 18.0 Å². The summed E-state index contributed by atoms with van der Waals surface area (Å²) in [6, 6.07) is -1.05. The first-order chi connectivity index (χ1) is 7.04. The second-order valence-electron chi connectivity index (χ2n) is 4.08. The summed E-state index contributed by atoms with van der Waals surface area (Å²) in [6.07, 6.45) is 2.61. The van der Waals surface area contributed by atoms with Crippen molar-refractivity contribution in [3.05, 3.63) is 0 Å². The molecule has 2 unspecified atom stereocenters. The molecule has 86 valence electrons. The van der Waals surface area contributed by atoms with Gasteiger partial charge >= 0.3 is 12.0 Å². The fraction of sp³-hybridized carbons (Fsp3) is 0.800. The Bertz CT molecular complexity index is 251. The number of hydrogen-bond acceptors (Lipinski definition) is 2. The molecule has 3 N–H and O–H groups in total. The average molecular weight is 214 g/mol. The Morgan fingerprint density at radius 2 is 2.00 bits per heavy atom. The number of amides is 2. The average Bonchev–Trinajstić information content (AvgIpc) is 2.96. The van der Waals surface area contributed by atoms with Crippen molar-refractivity contribution in [2.24, 2.45) is 5.92 Å². The highest BCUT2D eigenvalue weighted by Gasteiger charge is 2.37. The van der Waals surface area contributed by atoms with Crippen LogP contribution in [0.25, 0.3) is 0 Å². The molecule has 0 heterocycles. The summed E-state index contributed by atoms with van der Waals surface area (Å²) < 4.78 is 0. The summed E-state index contributed by atoms with van der Waals surface area (Å²) in [5, 5.41) is 14.1. The molecule has 0 saturated heterocycles. The van der Waals surface area contributed by atoms with E-state index in [1.54, 1.807) is 0 Å². The molecule has 0 bridgehead atoms. The second kappa shape index (κ2) is 5.00. The van der Waals surface area contributed by atoms with Gasteiger partial charge in [-0.2, -0.15) is 0 Å². The van der Waals surface area contributed by atoms with E-state index in [9.17, 15) is 9.59 Å². The highest BCUT2D eigenvalue weighted by atomic mass is 16.4. The lowest BCUT2D eigenvalue weighted by Gasteiger charge is -2.17. The number of carbonyl (C=O) groups is 2. The van der Waals surface area contributed by atoms with Gasteiger partial charge in [0.1, 0.15) is 6.04 Å². The molecule has 1 fully saturated rings. The Balaban J connectivity index is 2.37. The molecule has 15 heavy (non-hydrogen) atoms. The van der Waals surface area contributed by atoms with E-state index in [1.165, 1.54) is 0 Å². The number of nitrogens with one attached hydrogen (secondary N) is 2. The number of hydrogen-bond donors (Lipinski definition) is 3. The monoisotopic (exact) mass is 214 g/mol. The molecule has 0 aliphatic heterocycles. The van der Waals surface area contributed by atoms with Gasteiger partial charge in [-0.1, -0.05) is 6.92 Å². The molecule has 0 radical (unpaired) electrons. The van der Waals surface area contributed by atoms with Gasteiger partial charge in [-0.25, -0.2) is 9.59 Å². The van der Waals surface area contributed by atoms with Gasteiger partial charge in [-0.15, -0.1) is 0 Å². The van der Waals surface area contributed by atoms with Crippen LogP contribution in [0.15, 0.2) is 0 Å². The summed E-state index contributed by atoms with van der Waals surface area (Å²) >= 11 is 0. The molecule has 1 rings (SSSR count). The molecule has 1 aliphatic rings. The number of rotatable bonds is 5. The minimum Gasteiger partial charge on any atom is -0.480 e. The number of carbonyl (C=O) groups excluding carboxylic acids is 1. The van der Waals surface area contributed by atoms with Crippen LogP contribution >= 0.6 is 0 Å². The molecular weight excluding hydrogens is 196 g/mol. The molecule has 0 aromatic rings. The molecular formula is C10H18N2O3. The Kier molecular flexibility index (Phi) is 3.94. The zero-order valence-corrected chi connectivity index (χ0v) is 9.12. The maximum atomic E-state index is 11.4. The van der Waals surface area contributed by atoms with Crippen LogP contribution in [-0.4, -0.2) is 29.2 Å². The summed E-state index contributed by atoms with van der Waals surface area (Å²) in [6.45, 7) is 3.84. The molecule has 0 aromatic heterocycles. The first-order valence-electron chi connectivity index (χ1n) is 5.34. The van der Waals surface area contributed by atoms with Gasteiger partial charge < -0.3 is 15.7 Å². The van der Waals surface area contributed by atoms with Crippen molar-refractivity contribution < 1.29 is 14.7 Å². The van der Waals surface area contributed by atoms with Crippen molar-refractivity contribution in [2.45, 2.75) is 45.2 Å². The summed E-state index contributed by atoms with van der Waals surface area (Å²) in [4.78, 5) is 22.2. The van der Waals surface area contributed by atoms with Crippen LogP contribution in [0.3, 0.4) is 0 Å². The molecule has 0 spiro atoms. The minimum atomic E-state index is -0.947. The first-order valence-corrected chi connectivity index (χ1v) is 5.34. The third kappa shape index (κ3) is 3.77. The zero-order valence-electron chi connectivity index (χ0n) is 9.12. The fourth-order valence-corrected chi connectivity index (χ4v) is 1.32. The normalized spacial score (nSPS) is 19.1. The lowest BCUT2D eigenvalue weighted by atomic mass is 10.2. The maximum absolute atomic E-state index is 11.4. The Morgan fingerprint density at radius 3 is 2.40 bits per heavy atom. The Hall–Kier alpha value is -1.26. The standard InChI is InChI=1S/C10H18N2O3/c1-3-6(2)11-10(15)12-8(9(13)14)7-4-5-7/h6-8H,3-5H2,1-2H3,(H,13,14)(H2,11,12,15). The topological polar surface area (TPSA) is 78.4 Å². The largest absolute Gasteiger partial charge is 0.480 e. The van der Waals surface area contributed by atoms with Gasteiger partial charge in [-0.3, -0.25) is 0 Å². The third-order valence-corrected chi connectivity index (χ3v) is 2.64. The minimum absolute atomic E-state index is 0.0682. The van der Waals surface area contributed by atoms with Gasteiger partial charge in [0.15, 0.2) is 0 Å². The molecule has 2 amide bonds. The van der Waals surface area contributed by atoms with Crippen LogP contribution in [-0.2, 0) is 4.79 Å². The van der Waals surface area contributed by atoms with Crippen LogP contribution in [0, 0.1) is 5.92 Å². The van der Waals surface area contributed by atoms with Crippen LogP contribution in [0.2, 0.25) is 0 Å². The van der Waals surface area contributed by atoms with Crippen LogP contribution < -0.4 is 10.6 Å². The summed E-state index contributed by atoms with van der Waals surface area (Å²) in [5.74, 6) is -0.831. The van der Waals surface area contributed by atoms with Crippen molar-refractivity contribution in [1.82, 2.24) is 10.6 Å². The maximum Gasteiger partial charge on any atom is 0.326 e. The van der Waals surface area contributed by atoms with Crippen molar-refractivity contribution in [3.63, 3.8) is 0 Å². The quantitative estimate of drug-likeness (QED) is 0.637. The lowest BCUT2D eigenvalue weighted by Crippen LogP contribution is -2.49. The number of carboxylic acid groups (broad SMARTS) is 1. The molecule has 1 aliphatic carbocycles. The van der Waals surface area contributed by atoms with Crippen LogP contribution in [0.5, 0.6) is 0 Å². The molecule has 0 aromatic carbocycles. The number of aliphatic carboxylic acids is 1. The fourth-order valence-electron chi connectivity index (χ4n) is 1.32. The van der Waals surface area contributed by atoms with E-state index in [0.717, 1.165) is 19.3 Å². The SMILES string of the molecule is CCC(C)NC(=O)NC(C(=O)O)C1CC1. The van der Waals surface area contributed by atoms with Gasteiger partial charge in [0.25, 0.3) is 0 Å². The third-order valence-electron chi connectivity index (χ3n) is 2.64. The molecule has 5 nitrogen and oxygen atoms in total. The highest BCUT2D eigenvalue weighted by Crippen LogP contribution is 2.32. The lowest BCUT2D eigenvalue weighted by molar-refractivity contribution is -0.139. The Morgan fingerprint density at radius 1 is 1.40 bits per heavy atom. The zero-order chi connectivity index (χ0) is 11.4. The van der Waals surface area contributed by atoms with E-state index in [0.29, 0.717) is 0 Å². The highest BCUT2D eigenvalue weighted by molar-refractivity contribution is 5.83. The van der Waals surface area contributed by atoms with E-state index >= 15 is 0 Å². The van der Waals surface area contributed by atoms with Gasteiger partial charge in [0, 0.05) is 6.04 Å². The van der Waals surface area contributed by atoms with Crippen molar-refractivity contribution in [2.75, 3.05) is 0 Å². The van der Waals surface area contributed by atoms with Gasteiger partial charge in [0.2, 0.25) is 0 Å². The number of urea groups is 1. The molecule has 2 atom stereocenters. The predicted octanol–water partition coefficient (Wildman–Crippen LogP) is 0.947. The van der Waals surface area contributed by atoms with E-state index < -0.39 is 12.0 Å². The smallest absolute Gasteiger partial charge is 0.326 e. The van der Waals surface area contributed by atoms with Crippen molar-refractivity contribution in [1.29, 1.82) is 0 Å². The van der Waals surface area contributed by atoms with E-state index in [1.807, 2.05) is 13.8 Å². The van der Waals surface area contributed by atoms with Crippen molar-refractivity contribution in [3.8, 4) is 0 Å². The van der Waals surface area contributed by atoms with Crippen molar-refractivity contribution >= 4 is 12.0 Å². The molecule has 1 saturated carbocycles. The van der Waals surface area contributed by atoms with Gasteiger partial charge in [0.05, 0.1) is 0 Å². The van der Waals surface area contributed by atoms with Crippen LogP contribution in [0.1, 0.15) is 33.1 Å². The summed E-state index contributed by atoms with van der Waals surface area (Å²) in [7, 11) is 0. The predicted molar refractivity (Wildman–Crippen MR) is 55.6 cm³/mol. The number of carboxylic acids is 1. The Labute approximate surface area is 89.2 Å². The van der Waals surface area contributed by atoms with E-state index in [2.05, 4.69) is 10.6 Å².